The highest BCUT2D eigenvalue weighted by atomic mass is 32.2. The Morgan fingerprint density at radius 1 is 0.379 bits per heavy atom. The van der Waals surface area contributed by atoms with Crippen molar-refractivity contribution in [2.75, 3.05) is 0 Å². The lowest BCUT2D eigenvalue weighted by Crippen LogP contribution is -2.31. The fourth-order valence-electron chi connectivity index (χ4n) is 9.65. The molecule has 0 bridgehead atoms. The summed E-state index contributed by atoms with van der Waals surface area (Å²) in [5.74, 6) is 0.697. The van der Waals surface area contributed by atoms with E-state index in [2.05, 4.69) is 182 Å². The fraction of sp³-hybridized carbons (Fsp3) is 0.0185. The summed E-state index contributed by atoms with van der Waals surface area (Å²) in [4.78, 5) is 18.1. The van der Waals surface area contributed by atoms with E-state index in [0.717, 1.165) is 50.0 Å². The molecule has 0 saturated carbocycles. The Balaban J connectivity index is 1.23. The van der Waals surface area contributed by atoms with Crippen LogP contribution in [0, 0.1) is 0 Å². The van der Waals surface area contributed by atoms with Crippen molar-refractivity contribution in [2.45, 2.75) is 15.2 Å². The number of aromatic nitrogens is 3. The molecule has 12 rings (SSSR count). The molecule has 10 aromatic rings. The summed E-state index contributed by atoms with van der Waals surface area (Å²) < 4.78 is 0. The van der Waals surface area contributed by atoms with Gasteiger partial charge in [0.1, 0.15) is 0 Å². The SMILES string of the molecule is c1ccc(-c2nc(-c3cccc4c3-c3c(-c5cncc6ccccc56)cccc3C43c4ccccc4Sc4ccccc43)cc(-c3cccc4ccccc34)n2)cc1. The molecule has 3 heterocycles. The third kappa shape index (κ3) is 4.79. The third-order valence-corrected chi connectivity index (χ3v) is 13.2. The average Bonchev–Trinajstić information content (AvgIpc) is 3.60. The summed E-state index contributed by atoms with van der Waals surface area (Å²) >= 11 is 1.87. The molecule has 0 atom stereocenters. The second-order valence-corrected chi connectivity index (χ2v) is 16.1. The number of benzene rings is 8. The van der Waals surface area contributed by atoms with Crippen molar-refractivity contribution in [3.8, 4) is 56.2 Å². The summed E-state index contributed by atoms with van der Waals surface area (Å²) in [7, 11) is 0. The van der Waals surface area contributed by atoms with E-state index in [4.69, 9.17) is 15.0 Å². The molecule has 0 radical (unpaired) electrons. The van der Waals surface area contributed by atoms with Crippen molar-refractivity contribution in [3.63, 3.8) is 0 Å². The molecular formula is C54H33N3S. The van der Waals surface area contributed by atoms with E-state index in [9.17, 15) is 0 Å². The Morgan fingerprint density at radius 3 is 1.64 bits per heavy atom. The van der Waals surface area contributed by atoms with E-state index in [-0.39, 0.29) is 0 Å². The second-order valence-electron chi connectivity index (χ2n) is 15.1. The number of nitrogens with zero attached hydrogens (tertiary/aromatic N) is 3. The summed E-state index contributed by atoms with van der Waals surface area (Å²) in [5, 5.41) is 4.64. The Bertz CT molecular complexity index is 3220. The van der Waals surface area contributed by atoms with Crippen molar-refractivity contribution in [3.05, 3.63) is 223 Å². The molecule has 4 heteroatoms. The zero-order valence-corrected chi connectivity index (χ0v) is 32.1. The minimum atomic E-state index is -0.569. The fourth-order valence-corrected chi connectivity index (χ4v) is 10.8. The van der Waals surface area contributed by atoms with Crippen molar-refractivity contribution < 1.29 is 0 Å². The Hall–Kier alpha value is -7.14. The highest BCUT2D eigenvalue weighted by Crippen LogP contribution is 2.65. The second kappa shape index (κ2) is 13.0. The van der Waals surface area contributed by atoms with E-state index in [0.29, 0.717) is 5.82 Å². The lowest BCUT2D eigenvalue weighted by atomic mass is 9.67. The topological polar surface area (TPSA) is 38.7 Å². The molecule has 58 heavy (non-hydrogen) atoms. The van der Waals surface area contributed by atoms with Gasteiger partial charge in [-0.1, -0.05) is 182 Å². The van der Waals surface area contributed by atoms with Crippen LogP contribution in [0.15, 0.2) is 210 Å². The lowest BCUT2D eigenvalue weighted by Gasteiger charge is -2.39. The highest BCUT2D eigenvalue weighted by Gasteiger charge is 2.51. The van der Waals surface area contributed by atoms with Crippen molar-refractivity contribution in [2.24, 2.45) is 0 Å². The van der Waals surface area contributed by atoms with Crippen LogP contribution in [0.25, 0.3) is 77.7 Å². The summed E-state index contributed by atoms with van der Waals surface area (Å²) in [5.41, 5.74) is 14.1. The summed E-state index contributed by atoms with van der Waals surface area (Å²) in [6.45, 7) is 0. The van der Waals surface area contributed by atoms with E-state index in [1.807, 2.05) is 30.2 Å². The van der Waals surface area contributed by atoms with Crippen LogP contribution in [0.5, 0.6) is 0 Å². The number of hydrogen-bond donors (Lipinski definition) is 0. The first-order chi connectivity index (χ1) is 28.8. The molecule has 0 saturated heterocycles. The minimum Gasteiger partial charge on any atom is -0.263 e. The molecule has 0 unspecified atom stereocenters. The number of fused-ring (bicyclic) bond motifs is 11. The maximum Gasteiger partial charge on any atom is 0.160 e. The Labute approximate surface area is 340 Å². The lowest BCUT2D eigenvalue weighted by molar-refractivity contribution is 0.722. The van der Waals surface area contributed by atoms with Gasteiger partial charge in [0.15, 0.2) is 5.82 Å². The van der Waals surface area contributed by atoms with Crippen LogP contribution in [0.4, 0.5) is 0 Å². The van der Waals surface area contributed by atoms with Gasteiger partial charge in [0.05, 0.1) is 16.8 Å². The minimum absolute atomic E-state index is 0.569. The van der Waals surface area contributed by atoms with Gasteiger partial charge in [0.2, 0.25) is 0 Å². The van der Waals surface area contributed by atoms with Crippen LogP contribution in [0.2, 0.25) is 0 Å². The van der Waals surface area contributed by atoms with E-state index in [1.54, 1.807) is 0 Å². The molecule has 1 spiro atoms. The van der Waals surface area contributed by atoms with E-state index >= 15 is 0 Å². The van der Waals surface area contributed by atoms with Gasteiger partial charge >= 0.3 is 0 Å². The van der Waals surface area contributed by atoms with Crippen LogP contribution in [-0.4, -0.2) is 15.0 Å². The molecular weight excluding hydrogens is 723 g/mol. The van der Waals surface area contributed by atoms with Crippen LogP contribution >= 0.6 is 11.8 Å². The first-order valence-electron chi connectivity index (χ1n) is 19.7. The molecule has 3 nitrogen and oxygen atoms in total. The highest BCUT2D eigenvalue weighted by molar-refractivity contribution is 7.99. The van der Waals surface area contributed by atoms with Gasteiger partial charge in [-0.25, -0.2) is 9.97 Å². The normalized spacial score (nSPS) is 13.2. The number of pyridine rings is 1. The molecule has 270 valence electrons. The molecule has 1 aliphatic carbocycles. The molecule has 0 N–H and O–H groups in total. The van der Waals surface area contributed by atoms with E-state index in [1.165, 1.54) is 53.9 Å². The molecule has 1 aliphatic heterocycles. The van der Waals surface area contributed by atoms with Gasteiger partial charge in [-0.2, -0.15) is 0 Å². The standard InChI is InChI=1S/C54H33N3S/c1-2-16-35(17-3-1)53-56-47(39-22-12-19-34-15-4-6-20-37(34)39)31-48(57-53)41-24-14-28-46-52(41)51-40(42-33-55-32-36-18-5-7-21-38(36)42)23-13-27-45(51)54(46)43-25-8-10-29-49(43)58-50-30-11-9-26-44(50)54/h1-33H. The number of hydrogen-bond acceptors (Lipinski definition) is 4. The molecule has 2 aliphatic rings. The summed E-state index contributed by atoms with van der Waals surface area (Å²) in [6.07, 6.45) is 4.01. The van der Waals surface area contributed by atoms with Gasteiger partial charge in [-0.05, 0) is 73.3 Å². The van der Waals surface area contributed by atoms with Gasteiger partial charge in [-0.15, -0.1) is 0 Å². The quantitative estimate of drug-likeness (QED) is 0.179. The first kappa shape index (κ1) is 33.0. The smallest absolute Gasteiger partial charge is 0.160 e. The van der Waals surface area contributed by atoms with Crippen molar-refractivity contribution >= 4 is 33.3 Å². The van der Waals surface area contributed by atoms with Gasteiger partial charge < -0.3 is 0 Å². The zero-order valence-electron chi connectivity index (χ0n) is 31.3. The Morgan fingerprint density at radius 2 is 0.897 bits per heavy atom. The average molecular weight is 756 g/mol. The maximum atomic E-state index is 5.48. The Kier molecular flexibility index (Phi) is 7.38. The van der Waals surface area contributed by atoms with Gasteiger partial charge in [0, 0.05) is 49.8 Å². The van der Waals surface area contributed by atoms with Crippen molar-refractivity contribution in [1.82, 2.24) is 15.0 Å². The predicted molar refractivity (Wildman–Crippen MR) is 238 cm³/mol. The zero-order chi connectivity index (χ0) is 38.2. The van der Waals surface area contributed by atoms with Crippen LogP contribution < -0.4 is 0 Å². The van der Waals surface area contributed by atoms with Crippen LogP contribution in [-0.2, 0) is 5.41 Å². The van der Waals surface area contributed by atoms with Crippen LogP contribution in [0.3, 0.4) is 0 Å². The first-order valence-corrected chi connectivity index (χ1v) is 20.5. The van der Waals surface area contributed by atoms with Gasteiger partial charge in [-0.3, -0.25) is 4.98 Å². The molecule has 0 amide bonds. The molecule has 2 aromatic heterocycles. The molecule has 8 aromatic carbocycles. The van der Waals surface area contributed by atoms with Crippen molar-refractivity contribution in [1.29, 1.82) is 0 Å². The summed E-state index contributed by atoms with van der Waals surface area (Å²) in [6, 6.07) is 67.9. The maximum absolute atomic E-state index is 5.48. The predicted octanol–water partition coefficient (Wildman–Crippen LogP) is 13.7. The van der Waals surface area contributed by atoms with E-state index < -0.39 is 5.41 Å². The largest absolute Gasteiger partial charge is 0.263 e. The number of rotatable bonds is 4. The molecule has 0 fully saturated rings. The van der Waals surface area contributed by atoms with Crippen LogP contribution in [0.1, 0.15) is 22.3 Å². The van der Waals surface area contributed by atoms with Gasteiger partial charge in [0.25, 0.3) is 0 Å². The third-order valence-electron chi connectivity index (χ3n) is 12.0. The monoisotopic (exact) mass is 755 g/mol.